The molecule has 3 rings (SSSR count). The van der Waals surface area contributed by atoms with E-state index in [1.54, 1.807) is 0 Å². The van der Waals surface area contributed by atoms with Crippen LogP contribution in [-0.2, 0) is 0 Å². The van der Waals surface area contributed by atoms with Gasteiger partial charge in [-0.1, -0.05) is 11.6 Å². The molecule has 1 N–H and O–H groups in total. The van der Waals surface area contributed by atoms with Crippen LogP contribution in [0, 0.1) is 0 Å². The first-order valence-electron chi connectivity index (χ1n) is 6.11. The molecule has 1 aromatic rings. The van der Waals surface area contributed by atoms with Gasteiger partial charge in [-0.3, -0.25) is 9.89 Å². The largest absolute Gasteiger partial charge is 0.332 e. The molecular weight excluding hydrogens is 216 g/mol. The van der Waals surface area contributed by atoms with Gasteiger partial charge in [0.25, 0.3) is 5.91 Å². The van der Waals surface area contributed by atoms with Crippen molar-refractivity contribution in [2.75, 3.05) is 13.1 Å². The number of carbonyl (C=O) groups excluding carboxylic acids is 1. The fraction of sp³-hybridized carbons (Fsp3) is 0.583. The van der Waals surface area contributed by atoms with Gasteiger partial charge in [-0.05, 0) is 26.2 Å². The van der Waals surface area contributed by atoms with Crippen molar-refractivity contribution in [1.29, 1.82) is 0 Å². The van der Waals surface area contributed by atoms with Crippen LogP contribution in [0.5, 0.6) is 0 Å². The molecule has 5 nitrogen and oxygen atoms in total. The third-order valence-corrected chi connectivity index (χ3v) is 3.28. The second kappa shape index (κ2) is 3.98. The molecule has 0 aromatic carbocycles. The Bertz CT molecular complexity index is 473. The van der Waals surface area contributed by atoms with Crippen molar-refractivity contribution < 1.29 is 4.79 Å². The lowest BCUT2D eigenvalue weighted by Gasteiger charge is -2.24. The van der Waals surface area contributed by atoms with E-state index in [0.717, 1.165) is 31.6 Å². The van der Waals surface area contributed by atoms with Crippen molar-refractivity contribution in [3.8, 4) is 0 Å². The zero-order valence-electron chi connectivity index (χ0n) is 9.94. The first-order chi connectivity index (χ1) is 8.24. The maximum absolute atomic E-state index is 12.2. The van der Waals surface area contributed by atoms with Gasteiger partial charge in [-0.15, -0.1) is 5.10 Å². The zero-order chi connectivity index (χ0) is 11.8. The zero-order valence-corrected chi connectivity index (χ0v) is 9.94. The van der Waals surface area contributed by atoms with Crippen molar-refractivity contribution in [2.24, 2.45) is 0 Å². The number of carbonyl (C=O) groups is 1. The van der Waals surface area contributed by atoms with Crippen LogP contribution in [0.4, 0.5) is 0 Å². The summed E-state index contributed by atoms with van der Waals surface area (Å²) < 4.78 is 0. The first kappa shape index (κ1) is 10.5. The van der Waals surface area contributed by atoms with Crippen LogP contribution in [-0.4, -0.2) is 39.1 Å². The van der Waals surface area contributed by atoms with Gasteiger partial charge < -0.3 is 4.90 Å². The topological polar surface area (TPSA) is 61.9 Å². The lowest BCUT2D eigenvalue weighted by molar-refractivity contribution is 0.0754. The number of nitrogens with one attached hydrogen (secondary N) is 1. The van der Waals surface area contributed by atoms with Crippen LogP contribution in [0.1, 0.15) is 48.5 Å². The summed E-state index contributed by atoms with van der Waals surface area (Å²) in [5.74, 6) is 1.65. The molecule has 2 heterocycles. The summed E-state index contributed by atoms with van der Waals surface area (Å²) in [6.45, 7) is 3.52. The van der Waals surface area contributed by atoms with E-state index < -0.39 is 0 Å². The fourth-order valence-corrected chi connectivity index (χ4v) is 2.14. The minimum absolute atomic E-state index is 0.0550. The second-order valence-electron chi connectivity index (χ2n) is 4.88. The minimum atomic E-state index is -0.0550. The molecule has 1 aromatic heterocycles. The Kier molecular flexibility index (Phi) is 2.46. The smallest absolute Gasteiger partial charge is 0.293 e. The van der Waals surface area contributed by atoms with Gasteiger partial charge in [0.2, 0.25) is 5.82 Å². The van der Waals surface area contributed by atoms with Crippen molar-refractivity contribution in [2.45, 2.75) is 32.1 Å². The molecule has 0 radical (unpaired) electrons. The Labute approximate surface area is 99.9 Å². The van der Waals surface area contributed by atoms with Gasteiger partial charge in [0, 0.05) is 19.0 Å². The predicted molar refractivity (Wildman–Crippen MR) is 62.6 cm³/mol. The van der Waals surface area contributed by atoms with Gasteiger partial charge in [0.1, 0.15) is 5.82 Å². The highest BCUT2D eigenvalue weighted by molar-refractivity contribution is 5.90. The minimum Gasteiger partial charge on any atom is -0.332 e. The van der Waals surface area contributed by atoms with E-state index in [9.17, 15) is 4.79 Å². The lowest BCUT2D eigenvalue weighted by Crippen LogP contribution is -2.36. The Morgan fingerprint density at radius 3 is 3.06 bits per heavy atom. The maximum Gasteiger partial charge on any atom is 0.293 e. The van der Waals surface area contributed by atoms with Crippen LogP contribution < -0.4 is 0 Å². The first-order valence-corrected chi connectivity index (χ1v) is 6.11. The number of H-pyrrole nitrogens is 1. The number of hydrogen-bond donors (Lipinski definition) is 1. The van der Waals surface area contributed by atoms with Crippen molar-refractivity contribution in [3.63, 3.8) is 0 Å². The fourth-order valence-electron chi connectivity index (χ4n) is 2.14. The van der Waals surface area contributed by atoms with E-state index >= 15 is 0 Å². The highest BCUT2D eigenvalue weighted by Gasteiger charge is 2.29. The maximum atomic E-state index is 12.2. The molecule has 2 aliphatic rings. The Morgan fingerprint density at radius 1 is 1.53 bits per heavy atom. The Morgan fingerprint density at radius 2 is 2.35 bits per heavy atom. The number of hydrogen-bond acceptors (Lipinski definition) is 3. The van der Waals surface area contributed by atoms with E-state index in [0.29, 0.717) is 18.3 Å². The summed E-state index contributed by atoms with van der Waals surface area (Å²) in [5.41, 5.74) is 1.24. The van der Waals surface area contributed by atoms with Crippen LogP contribution in [0.15, 0.2) is 11.6 Å². The number of aromatic nitrogens is 3. The summed E-state index contributed by atoms with van der Waals surface area (Å²) in [5, 5.41) is 6.91. The molecule has 1 aliphatic heterocycles. The van der Waals surface area contributed by atoms with E-state index in [4.69, 9.17) is 0 Å². The molecule has 0 saturated heterocycles. The van der Waals surface area contributed by atoms with Gasteiger partial charge in [-0.2, -0.15) is 0 Å². The van der Waals surface area contributed by atoms with Crippen LogP contribution >= 0.6 is 0 Å². The van der Waals surface area contributed by atoms with E-state index in [1.807, 2.05) is 11.8 Å². The van der Waals surface area contributed by atoms with Gasteiger partial charge in [0.15, 0.2) is 0 Å². The summed E-state index contributed by atoms with van der Waals surface area (Å²) in [7, 11) is 0. The van der Waals surface area contributed by atoms with Crippen molar-refractivity contribution in [3.05, 3.63) is 23.3 Å². The van der Waals surface area contributed by atoms with Crippen LogP contribution in [0.25, 0.3) is 0 Å². The average Bonchev–Trinajstić information content (AvgIpc) is 3.07. The van der Waals surface area contributed by atoms with Gasteiger partial charge in [-0.25, -0.2) is 4.98 Å². The van der Waals surface area contributed by atoms with E-state index in [2.05, 4.69) is 21.3 Å². The second-order valence-corrected chi connectivity index (χ2v) is 4.88. The average molecular weight is 232 g/mol. The number of amides is 1. The normalized spacial score (nSPS) is 20.3. The Balaban J connectivity index is 1.74. The standard InChI is InChI=1S/C12H16N4O/c1-8-3-2-6-16(7-8)12(17)11-13-10(14-15-11)9-4-5-9/h3,9H,2,4-7H2,1H3,(H,13,14,15). The number of aromatic amines is 1. The van der Waals surface area contributed by atoms with Crippen molar-refractivity contribution >= 4 is 5.91 Å². The third kappa shape index (κ3) is 2.09. The molecular formula is C12H16N4O. The van der Waals surface area contributed by atoms with Gasteiger partial charge >= 0.3 is 0 Å². The quantitative estimate of drug-likeness (QED) is 0.785. The summed E-state index contributed by atoms with van der Waals surface area (Å²) >= 11 is 0. The summed E-state index contributed by atoms with van der Waals surface area (Å²) in [4.78, 5) is 18.3. The molecule has 0 unspecified atom stereocenters. The monoisotopic (exact) mass is 232 g/mol. The SMILES string of the molecule is CC1=CCCN(C(=O)c2n[nH]c(C3CC3)n2)C1. The molecule has 0 atom stereocenters. The Hall–Kier alpha value is -1.65. The van der Waals surface area contributed by atoms with Crippen LogP contribution in [0.2, 0.25) is 0 Å². The van der Waals surface area contributed by atoms with Gasteiger partial charge in [0.05, 0.1) is 0 Å². The molecule has 5 heteroatoms. The van der Waals surface area contributed by atoms with Crippen molar-refractivity contribution in [1.82, 2.24) is 20.1 Å². The molecule has 1 saturated carbocycles. The molecule has 1 aliphatic carbocycles. The molecule has 1 amide bonds. The lowest BCUT2D eigenvalue weighted by atomic mass is 10.1. The molecule has 90 valence electrons. The highest BCUT2D eigenvalue weighted by atomic mass is 16.2. The summed E-state index contributed by atoms with van der Waals surface area (Å²) in [6, 6.07) is 0. The molecule has 0 bridgehead atoms. The van der Waals surface area contributed by atoms with Crippen LogP contribution in [0.3, 0.4) is 0 Å². The summed E-state index contributed by atoms with van der Waals surface area (Å²) in [6.07, 6.45) is 5.43. The molecule has 17 heavy (non-hydrogen) atoms. The van der Waals surface area contributed by atoms with E-state index in [1.165, 1.54) is 5.57 Å². The molecule has 0 spiro atoms. The molecule has 1 fully saturated rings. The van der Waals surface area contributed by atoms with E-state index in [-0.39, 0.29) is 5.91 Å². The number of rotatable bonds is 2. The third-order valence-electron chi connectivity index (χ3n) is 3.28. The predicted octanol–water partition coefficient (Wildman–Crippen LogP) is 1.47. The highest BCUT2D eigenvalue weighted by Crippen LogP contribution is 2.37. The number of nitrogens with zero attached hydrogens (tertiary/aromatic N) is 3.